The number of aliphatic hydroxyl groups excluding tert-OH is 3. The SMILES string of the molecule is Cn1c[n+]([C@@H]2O[C@H](COP(=O)(O)OP(=O)(O)OP(=O)(O)OC[C@H]3O[C@@H](n4cnc5c(N)ncnc54)[C@H](F)[C@@H]3OP(=O)([O-])OC[C@H]3O[C@@H](n4cnc5c(N)nc(N)nc54)[C@H](O)[C@@H]3O)[C@@H](CCN3CCOCC3)[C@H]2O)c2nc(N)[nH]c(=O)c21. The Hall–Kier alpha value is -5.22. The minimum absolute atomic E-state index is 0.000658. The van der Waals surface area contributed by atoms with Crippen molar-refractivity contribution in [2.24, 2.45) is 13.0 Å². The average molecular weight is 1230 g/mol. The lowest BCUT2D eigenvalue weighted by molar-refractivity contribution is -0.745. The number of morpholine rings is 1. The number of hydrogen-bond acceptors (Lipinski definition) is 31. The summed E-state index contributed by atoms with van der Waals surface area (Å²) < 4.78 is 126. The number of aliphatic hydroxyl groups is 3. The summed E-state index contributed by atoms with van der Waals surface area (Å²) in [6.07, 6.45) is -15.2. The van der Waals surface area contributed by atoms with Gasteiger partial charge in [0.15, 0.2) is 47.9 Å². The van der Waals surface area contributed by atoms with Crippen LogP contribution in [-0.4, -0.2) is 190 Å². The van der Waals surface area contributed by atoms with Gasteiger partial charge in [0.25, 0.3) is 19.3 Å². The second kappa shape index (κ2) is 22.7. The molecule has 4 fully saturated rings. The van der Waals surface area contributed by atoms with Crippen LogP contribution >= 0.6 is 31.3 Å². The molecule has 39 nitrogen and oxygen atoms in total. The van der Waals surface area contributed by atoms with Gasteiger partial charge in [-0.1, -0.05) is 4.98 Å². The number of imidazole rings is 3. The second-order valence-electron chi connectivity index (χ2n) is 18.6. The van der Waals surface area contributed by atoms with E-state index in [1.54, 1.807) is 0 Å². The lowest BCUT2D eigenvalue weighted by Crippen LogP contribution is -2.45. The van der Waals surface area contributed by atoms with Gasteiger partial charge in [-0.2, -0.15) is 18.6 Å². The number of nitrogens with one attached hydrogen (secondary N) is 1. The molecule has 0 radical (unpaired) electrons. The summed E-state index contributed by atoms with van der Waals surface area (Å²) in [7, 11) is -22.4. The number of hydrogen-bond donors (Lipinski definition) is 11. The fraction of sp³-hybridized carbons (Fsp3) is 0.595. The van der Waals surface area contributed by atoms with E-state index >= 15 is 4.39 Å². The van der Waals surface area contributed by atoms with Crippen molar-refractivity contribution in [1.82, 2.24) is 58.5 Å². The van der Waals surface area contributed by atoms with Crippen LogP contribution in [0, 0.1) is 5.92 Å². The Bertz CT molecular complexity index is 3580. The predicted molar refractivity (Wildman–Crippen MR) is 262 cm³/mol. The van der Waals surface area contributed by atoms with Gasteiger partial charge in [0.1, 0.15) is 54.0 Å². The van der Waals surface area contributed by atoms with Gasteiger partial charge >= 0.3 is 29.1 Å². The maximum absolute atomic E-state index is 16.6. The monoisotopic (exact) mass is 1230 g/mol. The van der Waals surface area contributed by atoms with E-state index in [1.807, 2.05) is 4.90 Å². The van der Waals surface area contributed by atoms with Gasteiger partial charge in [0.05, 0.1) is 58.8 Å². The number of anilines is 4. The zero-order valence-corrected chi connectivity index (χ0v) is 45.2. The van der Waals surface area contributed by atoms with Crippen LogP contribution in [0.4, 0.5) is 27.9 Å². The molecule has 16 atom stereocenters. The van der Waals surface area contributed by atoms with Crippen molar-refractivity contribution < 1.29 is 108 Å². The zero-order valence-electron chi connectivity index (χ0n) is 41.7. The Morgan fingerprint density at radius 3 is 2.10 bits per heavy atom. The number of phosphoric acid groups is 4. The molecule has 444 valence electrons. The van der Waals surface area contributed by atoms with Crippen LogP contribution in [0.5, 0.6) is 0 Å². The van der Waals surface area contributed by atoms with Crippen molar-refractivity contribution in [2.45, 2.75) is 74.0 Å². The Kier molecular flexibility index (Phi) is 16.6. The Labute approximate surface area is 451 Å². The molecule has 0 aliphatic carbocycles. The maximum atomic E-state index is 16.6. The maximum Gasteiger partial charge on any atom is 0.490 e. The standard InChI is InChI=1S/C37H52FN17O22P4/c1-51-14-55(31-22(51)32(59)50-37(42)49-31)34-23(56)15(2-3-52-4-6-68-7-5-52)16(72-34)8-70-79(62,63)76-81(66,67)77-80(64,65)71-10-18-26(19(38)33(74-18)53-12-45-20-27(39)43-11-44-29(20)53)75-78(60,61)69-9-17-24(57)25(58)35(73-17)54-13-46-21-28(40)47-36(41)48-30(21)54/h11-19,23-26,33-35,56-58H,2-10H2,1H3,(H12-,39,40,41,42,43,44,47,48,49,50,59,60,61,62,63,64,65,66,67)/t15-,16-,17-,18-,19-,23-,24-,25-,26-,33-,34-,35-/m1/s1. The summed E-state index contributed by atoms with van der Waals surface area (Å²) in [6.45, 7) is -1.13. The molecule has 4 saturated heterocycles. The second-order valence-corrected chi connectivity index (χ2v) is 24.6. The minimum Gasteiger partial charge on any atom is -0.756 e. The Morgan fingerprint density at radius 2 is 1.41 bits per heavy atom. The van der Waals surface area contributed by atoms with Crippen LogP contribution in [0.15, 0.2) is 30.1 Å². The van der Waals surface area contributed by atoms with Crippen LogP contribution < -0.4 is 38.0 Å². The summed E-state index contributed by atoms with van der Waals surface area (Å²) in [5.41, 5.74) is 22.5. The van der Waals surface area contributed by atoms with E-state index in [1.165, 1.54) is 22.5 Å². The number of aryl methyl sites for hydroxylation is 1. The van der Waals surface area contributed by atoms with Crippen molar-refractivity contribution in [1.29, 1.82) is 0 Å². The Morgan fingerprint density at radius 1 is 0.778 bits per heavy atom. The molecule has 81 heavy (non-hydrogen) atoms. The average Bonchev–Trinajstić information content (AvgIpc) is 4.26. The van der Waals surface area contributed by atoms with E-state index in [9.17, 15) is 57.9 Å². The van der Waals surface area contributed by atoms with Gasteiger partial charge in [0.2, 0.25) is 17.7 Å². The molecule has 0 amide bonds. The number of aromatic nitrogens is 12. The number of nitrogens with two attached hydrogens (primary N) is 4. The summed E-state index contributed by atoms with van der Waals surface area (Å²) in [5.74, 6) is -1.73. The molecule has 0 spiro atoms. The molecule has 4 aliphatic rings. The summed E-state index contributed by atoms with van der Waals surface area (Å²) in [6, 6.07) is 0. The van der Waals surface area contributed by atoms with E-state index in [0.29, 0.717) is 32.8 Å². The molecule has 6 aromatic rings. The predicted octanol–water partition coefficient (Wildman–Crippen LogP) is -3.75. The summed E-state index contributed by atoms with van der Waals surface area (Å²) >= 11 is 0. The molecule has 10 rings (SSSR count). The zero-order chi connectivity index (χ0) is 58.1. The molecule has 15 N–H and O–H groups in total. The van der Waals surface area contributed by atoms with Crippen molar-refractivity contribution in [3.8, 4) is 0 Å². The molecule has 6 aromatic heterocycles. The van der Waals surface area contributed by atoms with Crippen LogP contribution in [0.2, 0.25) is 0 Å². The smallest absolute Gasteiger partial charge is 0.490 e. The van der Waals surface area contributed by atoms with Crippen LogP contribution in [0.25, 0.3) is 33.5 Å². The number of rotatable bonds is 21. The first-order valence-electron chi connectivity index (χ1n) is 23.9. The topological polar surface area (TPSA) is 554 Å². The number of nitrogens with zero attached hydrogens (tertiary/aromatic N) is 12. The number of aromatic amines is 1. The van der Waals surface area contributed by atoms with Crippen molar-refractivity contribution in [3.63, 3.8) is 0 Å². The van der Waals surface area contributed by atoms with Gasteiger partial charge in [-0.25, -0.2) is 42.6 Å². The van der Waals surface area contributed by atoms with E-state index in [-0.39, 0.29) is 63.4 Å². The number of ether oxygens (including phenoxy) is 4. The highest BCUT2D eigenvalue weighted by Gasteiger charge is 2.53. The quantitative estimate of drug-likeness (QED) is 0.0244. The first-order valence-corrected chi connectivity index (χ1v) is 29.9. The number of halogens is 1. The van der Waals surface area contributed by atoms with E-state index < -0.39 is 130 Å². The normalized spacial score (nSPS) is 30.5. The van der Waals surface area contributed by atoms with Gasteiger partial charge in [-0.15, -0.1) is 0 Å². The largest absolute Gasteiger partial charge is 0.756 e. The van der Waals surface area contributed by atoms with Gasteiger partial charge in [-0.3, -0.25) is 42.0 Å². The highest BCUT2D eigenvalue weighted by atomic mass is 31.3. The lowest BCUT2D eigenvalue weighted by Gasteiger charge is -2.30. The van der Waals surface area contributed by atoms with E-state index in [4.69, 9.17) is 60.0 Å². The minimum atomic E-state index is -6.24. The van der Waals surface area contributed by atoms with Crippen LogP contribution in [-0.2, 0) is 71.0 Å². The third-order valence-electron chi connectivity index (χ3n) is 13.3. The number of nitrogen functional groups attached to an aromatic ring is 4. The van der Waals surface area contributed by atoms with Crippen molar-refractivity contribution in [2.75, 3.05) is 75.6 Å². The number of H-pyrrole nitrogens is 1. The van der Waals surface area contributed by atoms with Gasteiger partial charge in [0, 0.05) is 19.0 Å². The highest BCUT2D eigenvalue weighted by molar-refractivity contribution is 7.66. The van der Waals surface area contributed by atoms with Gasteiger partial charge < -0.3 is 85.8 Å². The van der Waals surface area contributed by atoms with Crippen molar-refractivity contribution in [3.05, 3.63) is 35.7 Å². The third-order valence-corrected chi connectivity index (χ3v) is 18.6. The Balaban J connectivity index is 0.803. The molecule has 44 heteroatoms. The van der Waals surface area contributed by atoms with E-state index in [2.05, 4.69) is 48.5 Å². The molecular formula is C37H52FN17O22P4. The van der Waals surface area contributed by atoms with Crippen LogP contribution in [0.1, 0.15) is 25.1 Å². The lowest BCUT2D eigenvalue weighted by atomic mass is 9.94. The number of alkyl halides is 1. The molecule has 0 saturated carbocycles. The third kappa shape index (κ3) is 12.4. The fourth-order valence-corrected chi connectivity index (χ4v) is 14.1. The summed E-state index contributed by atoms with van der Waals surface area (Å²) in [4.78, 5) is 90.3. The highest BCUT2D eigenvalue weighted by Crippen LogP contribution is 2.68. The first kappa shape index (κ1) is 59.0. The van der Waals surface area contributed by atoms with Crippen molar-refractivity contribution >= 4 is 88.3 Å². The van der Waals surface area contributed by atoms with Crippen LogP contribution in [0.3, 0.4) is 0 Å². The molecule has 4 unspecified atom stereocenters. The van der Waals surface area contributed by atoms with E-state index in [0.717, 1.165) is 28.1 Å². The fourth-order valence-electron chi connectivity index (χ4n) is 9.63. The summed E-state index contributed by atoms with van der Waals surface area (Å²) in [5, 5.41) is 33.4. The van der Waals surface area contributed by atoms with Gasteiger partial charge in [-0.05, 0) is 13.0 Å². The number of fused-ring (bicyclic) bond motifs is 3. The molecule has 4 aliphatic heterocycles. The molecular weight excluding hydrogens is 1180 g/mol. The molecule has 0 aromatic carbocycles. The molecule has 0 bridgehead atoms. The number of phosphoric ester groups is 3. The first-order chi connectivity index (χ1) is 38.2. The molecule has 10 heterocycles.